The van der Waals surface area contributed by atoms with Crippen molar-refractivity contribution in [2.75, 3.05) is 37.7 Å². The molecule has 2 fully saturated rings. The molecule has 2 saturated heterocycles. The quantitative estimate of drug-likeness (QED) is 0.279. The van der Waals surface area contributed by atoms with E-state index in [4.69, 9.17) is 17.0 Å². The Morgan fingerprint density at radius 2 is 1.91 bits per heavy atom. The van der Waals surface area contributed by atoms with E-state index in [0.717, 1.165) is 50.2 Å². The Morgan fingerprint density at radius 1 is 1.18 bits per heavy atom. The van der Waals surface area contributed by atoms with Crippen LogP contribution in [-0.2, 0) is 16.1 Å². The Balaban J connectivity index is 2.07. The summed E-state index contributed by atoms with van der Waals surface area (Å²) in [4.78, 5) is 30.8. The van der Waals surface area contributed by atoms with Crippen LogP contribution in [0.25, 0.3) is 6.08 Å². The van der Waals surface area contributed by atoms with Crippen LogP contribution < -0.4 is 10.5 Å². The van der Waals surface area contributed by atoms with Crippen LogP contribution in [0.3, 0.4) is 0 Å². The second-order valence-electron chi connectivity index (χ2n) is 8.24. The number of hydrogen-bond acceptors (Lipinski definition) is 7. The number of rotatable bonds is 10. The largest absolute Gasteiger partial charge is 0.382 e. The summed E-state index contributed by atoms with van der Waals surface area (Å²) in [5.74, 6) is 0.696. The topological polar surface area (TPSA) is 78.6 Å². The molecule has 2 aliphatic rings. The number of unbranched alkanes of at least 4 members (excludes halogenated alkanes) is 1. The zero-order valence-corrected chi connectivity index (χ0v) is 21.3. The zero-order valence-electron chi connectivity index (χ0n) is 19.7. The van der Waals surface area contributed by atoms with E-state index in [0.29, 0.717) is 47.5 Å². The Hall–Kier alpha value is -2.15. The van der Waals surface area contributed by atoms with Gasteiger partial charge in [-0.15, -0.1) is 0 Å². The number of carbonyl (C=O) groups excluding carboxylic acids is 1. The third-order valence-corrected chi connectivity index (χ3v) is 7.39. The third kappa shape index (κ3) is 5.51. The molecule has 1 amide bonds. The van der Waals surface area contributed by atoms with E-state index >= 15 is 0 Å². The van der Waals surface area contributed by atoms with Crippen molar-refractivity contribution in [1.82, 2.24) is 9.47 Å². The maximum atomic E-state index is 13.2. The van der Waals surface area contributed by atoms with Crippen LogP contribution in [-0.4, -0.2) is 52.5 Å². The number of nitrogens with zero attached hydrogens (tertiary/aromatic N) is 4. The zero-order chi connectivity index (χ0) is 24.0. The highest BCUT2D eigenvalue weighted by atomic mass is 32.2. The summed E-state index contributed by atoms with van der Waals surface area (Å²) in [6.07, 6.45) is 6.46. The summed E-state index contributed by atoms with van der Waals surface area (Å²) in [5.41, 5.74) is 1.30. The van der Waals surface area contributed by atoms with Crippen molar-refractivity contribution in [3.8, 4) is 6.07 Å². The SMILES string of the molecule is CCCCn1c(N2CCCC2)c(C=C2SC(=S)N(CCCOCC)C2=O)c(C)c(C#N)c1=O. The Bertz CT molecular complexity index is 1040. The van der Waals surface area contributed by atoms with Gasteiger partial charge in [-0.1, -0.05) is 37.3 Å². The fourth-order valence-corrected chi connectivity index (χ4v) is 5.52. The molecule has 0 bridgehead atoms. The second kappa shape index (κ2) is 11.8. The number of nitriles is 1. The molecule has 33 heavy (non-hydrogen) atoms. The predicted octanol–water partition coefficient (Wildman–Crippen LogP) is 4.06. The fraction of sp³-hybridized carbons (Fsp3) is 0.583. The molecular weight excluding hydrogens is 456 g/mol. The highest BCUT2D eigenvalue weighted by Gasteiger charge is 2.33. The average Bonchev–Trinajstić information content (AvgIpc) is 3.41. The smallest absolute Gasteiger partial charge is 0.270 e. The Labute approximate surface area is 205 Å². The molecule has 1 aromatic heterocycles. The molecule has 0 radical (unpaired) electrons. The van der Waals surface area contributed by atoms with Gasteiger partial charge in [0, 0.05) is 45.0 Å². The summed E-state index contributed by atoms with van der Waals surface area (Å²) in [7, 11) is 0. The molecule has 3 heterocycles. The molecule has 0 aromatic carbocycles. The highest BCUT2D eigenvalue weighted by molar-refractivity contribution is 8.26. The van der Waals surface area contributed by atoms with Crippen molar-refractivity contribution in [2.24, 2.45) is 0 Å². The summed E-state index contributed by atoms with van der Waals surface area (Å²) in [5, 5.41) is 9.76. The summed E-state index contributed by atoms with van der Waals surface area (Å²) >= 11 is 6.76. The third-order valence-electron chi connectivity index (χ3n) is 6.01. The van der Waals surface area contributed by atoms with Gasteiger partial charge in [0.05, 0.1) is 4.91 Å². The monoisotopic (exact) mass is 488 g/mol. The van der Waals surface area contributed by atoms with Gasteiger partial charge in [-0.2, -0.15) is 5.26 Å². The van der Waals surface area contributed by atoms with Gasteiger partial charge in [-0.05, 0) is 51.2 Å². The Kier molecular flexibility index (Phi) is 9.12. The summed E-state index contributed by atoms with van der Waals surface area (Å²) in [6.45, 7) is 9.83. The number of thioether (sulfide) groups is 1. The lowest BCUT2D eigenvalue weighted by atomic mass is 10.0. The molecule has 9 heteroatoms. The molecule has 0 N–H and O–H groups in total. The van der Waals surface area contributed by atoms with Gasteiger partial charge in [0.1, 0.15) is 21.8 Å². The van der Waals surface area contributed by atoms with E-state index in [9.17, 15) is 14.9 Å². The van der Waals surface area contributed by atoms with E-state index in [1.807, 2.05) is 13.0 Å². The van der Waals surface area contributed by atoms with E-state index in [1.54, 1.807) is 16.4 Å². The van der Waals surface area contributed by atoms with Gasteiger partial charge in [-0.3, -0.25) is 19.1 Å². The number of carbonyl (C=O) groups is 1. The molecule has 0 spiro atoms. The maximum absolute atomic E-state index is 13.2. The minimum absolute atomic E-state index is 0.127. The molecule has 1 aromatic rings. The van der Waals surface area contributed by atoms with Crippen LogP contribution in [0, 0.1) is 18.3 Å². The lowest BCUT2D eigenvalue weighted by molar-refractivity contribution is -0.122. The molecule has 178 valence electrons. The molecule has 7 nitrogen and oxygen atoms in total. The molecule has 3 rings (SSSR count). The Morgan fingerprint density at radius 3 is 2.55 bits per heavy atom. The van der Waals surface area contributed by atoms with E-state index in [-0.39, 0.29) is 17.0 Å². The predicted molar refractivity (Wildman–Crippen MR) is 137 cm³/mol. The van der Waals surface area contributed by atoms with E-state index in [1.165, 1.54) is 11.8 Å². The van der Waals surface area contributed by atoms with Crippen LogP contribution in [0.2, 0.25) is 0 Å². The number of thiocarbonyl (C=S) groups is 1. The van der Waals surface area contributed by atoms with Crippen molar-refractivity contribution in [2.45, 2.75) is 59.4 Å². The van der Waals surface area contributed by atoms with Crippen molar-refractivity contribution < 1.29 is 9.53 Å². The first-order valence-corrected chi connectivity index (χ1v) is 12.9. The van der Waals surface area contributed by atoms with Crippen molar-refractivity contribution in [3.63, 3.8) is 0 Å². The van der Waals surface area contributed by atoms with Crippen LogP contribution in [0.1, 0.15) is 62.6 Å². The van der Waals surface area contributed by atoms with Gasteiger partial charge in [0.25, 0.3) is 11.5 Å². The highest BCUT2D eigenvalue weighted by Crippen LogP contribution is 2.36. The lowest BCUT2D eigenvalue weighted by Crippen LogP contribution is -2.33. The van der Waals surface area contributed by atoms with Gasteiger partial charge in [0.2, 0.25) is 0 Å². The first kappa shape index (κ1) is 25.5. The van der Waals surface area contributed by atoms with Crippen LogP contribution in [0.15, 0.2) is 9.70 Å². The maximum Gasteiger partial charge on any atom is 0.270 e. The molecule has 0 saturated carbocycles. The molecule has 0 atom stereocenters. The summed E-state index contributed by atoms with van der Waals surface area (Å²) < 4.78 is 7.66. The molecule has 2 aliphatic heterocycles. The average molecular weight is 489 g/mol. The van der Waals surface area contributed by atoms with Crippen molar-refractivity contribution in [3.05, 3.63) is 31.9 Å². The number of hydrogen-bond donors (Lipinski definition) is 0. The number of pyridine rings is 1. The van der Waals surface area contributed by atoms with Crippen LogP contribution in [0.4, 0.5) is 5.82 Å². The standard InChI is InChI=1S/C24H32N4O3S2/c1-4-6-12-27-21(26-10-7-8-11-26)18(17(3)19(16-25)22(27)29)15-20-23(30)28(24(32)33-20)13-9-14-31-5-2/h15H,4-14H2,1-3H3. The van der Waals surface area contributed by atoms with Crippen LogP contribution in [0.5, 0.6) is 0 Å². The number of anilines is 1. The van der Waals surface area contributed by atoms with Gasteiger partial charge in [0.15, 0.2) is 0 Å². The van der Waals surface area contributed by atoms with Gasteiger partial charge < -0.3 is 9.64 Å². The number of aromatic nitrogens is 1. The van der Waals surface area contributed by atoms with E-state index in [2.05, 4.69) is 17.9 Å². The minimum atomic E-state index is -0.244. The molecular formula is C24H32N4O3S2. The normalized spacial score (nSPS) is 17.5. The minimum Gasteiger partial charge on any atom is -0.382 e. The lowest BCUT2D eigenvalue weighted by Gasteiger charge is -2.27. The fourth-order valence-electron chi connectivity index (χ4n) is 4.23. The van der Waals surface area contributed by atoms with E-state index < -0.39 is 0 Å². The summed E-state index contributed by atoms with van der Waals surface area (Å²) in [6, 6.07) is 2.11. The van der Waals surface area contributed by atoms with Gasteiger partial charge >= 0.3 is 0 Å². The number of amides is 1. The van der Waals surface area contributed by atoms with Crippen LogP contribution >= 0.6 is 24.0 Å². The molecule has 0 aliphatic carbocycles. The second-order valence-corrected chi connectivity index (χ2v) is 9.91. The first-order chi connectivity index (χ1) is 15.9. The van der Waals surface area contributed by atoms with Crippen molar-refractivity contribution >= 4 is 46.1 Å². The number of ether oxygens (including phenoxy) is 1. The first-order valence-electron chi connectivity index (χ1n) is 11.7. The van der Waals surface area contributed by atoms with Crippen molar-refractivity contribution in [1.29, 1.82) is 5.26 Å². The molecule has 0 unspecified atom stereocenters. The van der Waals surface area contributed by atoms with Gasteiger partial charge in [-0.25, -0.2) is 0 Å².